The molecule has 0 fully saturated rings. The van der Waals surface area contributed by atoms with Gasteiger partial charge in [0.05, 0.1) is 17.2 Å². The maximum absolute atomic E-state index is 11.8. The van der Waals surface area contributed by atoms with Crippen molar-refractivity contribution in [3.63, 3.8) is 0 Å². The van der Waals surface area contributed by atoms with Crippen molar-refractivity contribution in [1.29, 1.82) is 0 Å². The van der Waals surface area contributed by atoms with Crippen LogP contribution in [0.25, 0.3) is 0 Å². The quantitative estimate of drug-likeness (QED) is 0.162. The summed E-state index contributed by atoms with van der Waals surface area (Å²) in [5.41, 5.74) is 1.64. The number of halogens is 2. The highest BCUT2D eigenvalue weighted by Crippen LogP contribution is 2.24. The van der Waals surface area contributed by atoms with E-state index in [0.717, 1.165) is 23.6 Å². The van der Waals surface area contributed by atoms with Gasteiger partial charge in [-0.3, -0.25) is 4.79 Å². The molecule has 0 radical (unpaired) electrons. The monoisotopic (exact) mass is 431 g/mol. The molecular weight excluding hydrogens is 413 g/mol. The molecule has 0 aliphatic rings. The molecule has 0 aromatic heterocycles. The third-order valence-corrected chi connectivity index (χ3v) is 4.44. The molecule has 10 heteroatoms. The van der Waals surface area contributed by atoms with Gasteiger partial charge in [0.2, 0.25) is 0 Å². The topological polar surface area (TPSA) is 80.8 Å². The summed E-state index contributed by atoms with van der Waals surface area (Å²) in [6.45, 7) is 0.925. The van der Waals surface area contributed by atoms with Gasteiger partial charge in [-0.2, -0.15) is 0 Å². The van der Waals surface area contributed by atoms with Crippen molar-refractivity contribution in [2.45, 2.75) is 0 Å². The van der Waals surface area contributed by atoms with Crippen molar-refractivity contribution in [1.82, 2.24) is 5.32 Å². The Hall–Kier alpha value is -1.84. The zero-order valence-electron chi connectivity index (χ0n) is 14.5. The number of hydrogen-bond acceptors (Lipinski definition) is 7. The fourth-order valence-electron chi connectivity index (χ4n) is 1.93. The number of rotatable bonds is 11. The minimum atomic E-state index is -0.211. The Morgan fingerprint density at radius 1 is 1.04 bits per heavy atom. The second-order valence-electron chi connectivity index (χ2n) is 5.14. The fraction of sp³-hybridized carbons (Fsp3) is 0.235. The number of carbonyl (C=O) groups is 1. The highest BCUT2D eigenvalue weighted by Gasteiger charge is 2.03. The van der Waals surface area contributed by atoms with Gasteiger partial charge in [-0.25, -0.2) is 4.89 Å². The average molecular weight is 432 g/mol. The van der Waals surface area contributed by atoms with E-state index < -0.39 is 0 Å². The van der Waals surface area contributed by atoms with Crippen molar-refractivity contribution in [2.75, 3.05) is 36.8 Å². The lowest BCUT2D eigenvalue weighted by molar-refractivity contribution is -0.159. The third-order valence-electron chi connectivity index (χ3n) is 3.18. The van der Waals surface area contributed by atoms with Crippen LogP contribution in [0.3, 0.4) is 0 Å². The van der Waals surface area contributed by atoms with Crippen molar-refractivity contribution in [2.24, 2.45) is 0 Å². The van der Waals surface area contributed by atoms with Gasteiger partial charge in [-0.1, -0.05) is 23.2 Å². The molecular formula is C17H19Cl2N3O4S. The highest BCUT2D eigenvalue weighted by molar-refractivity contribution is 7.95. The van der Waals surface area contributed by atoms with Crippen LogP contribution in [-0.2, 0) is 14.0 Å². The zero-order valence-corrected chi connectivity index (χ0v) is 16.8. The van der Waals surface area contributed by atoms with Crippen LogP contribution in [0.5, 0.6) is 5.75 Å². The summed E-state index contributed by atoms with van der Waals surface area (Å²) < 4.78 is 13.0. The standard InChI is InChI=1S/C17H19Cl2N3O4S/c1-24-26-27-22-12-2-5-14(6-3-12)25-11-17(23)21-9-8-20-13-4-7-15(18)16(19)10-13/h2-7,10,20,22H,8-9,11H2,1H3,(H,21,23). The second-order valence-corrected chi connectivity index (χ2v) is 6.46. The molecule has 0 saturated carbocycles. The molecule has 0 aliphatic heterocycles. The lowest BCUT2D eigenvalue weighted by Crippen LogP contribution is -2.32. The summed E-state index contributed by atoms with van der Waals surface area (Å²) in [6, 6.07) is 12.3. The Morgan fingerprint density at radius 3 is 2.48 bits per heavy atom. The van der Waals surface area contributed by atoms with Crippen LogP contribution in [0, 0.1) is 0 Å². The number of carbonyl (C=O) groups excluding carboxylic acids is 1. The van der Waals surface area contributed by atoms with Crippen LogP contribution in [0.2, 0.25) is 10.0 Å². The van der Waals surface area contributed by atoms with Crippen LogP contribution >= 0.6 is 35.4 Å². The first-order valence-electron chi connectivity index (χ1n) is 7.89. The Bertz CT molecular complexity index is 735. The van der Waals surface area contributed by atoms with Gasteiger partial charge in [0.1, 0.15) is 18.0 Å². The molecule has 0 bridgehead atoms. The molecule has 2 rings (SSSR count). The van der Waals surface area contributed by atoms with Gasteiger partial charge < -0.3 is 20.1 Å². The summed E-state index contributed by atoms with van der Waals surface area (Å²) in [7, 11) is 1.42. The maximum atomic E-state index is 11.8. The normalized spacial score (nSPS) is 10.3. The number of benzene rings is 2. The second kappa shape index (κ2) is 11.8. The number of nitrogens with one attached hydrogen (secondary N) is 3. The third kappa shape index (κ3) is 8.15. The van der Waals surface area contributed by atoms with Gasteiger partial charge in [0.15, 0.2) is 6.61 Å². The smallest absolute Gasteiger partial charge is 0.258 e. The van der Waals surface area contributed by atoms with E-state index in [9.17, 15) is 4.79 Å². The van der Waals surface area contributed by atoms with Gasteiger partial charge in [-0.05, 0) is 42.5 Å². The number of hydrogen-bond donors (Lipinski definition) is 3. The summed E-state index contributed by atoms with van der Waals surface area (Å²) in [5.74, 6) is 0.375. The van der Waals surface area contributed by atoms with E-state index in [0.29, 0.717) is 28.9 Å². The van der Waals surface area contributed by atoms with Gasteiger partial charge in [0, 0.05) is 24.5 Å². The zero-order chi connectivity index (χ0) is 19.5. The fourth-order valence-corrected chi connectivity index (χ4v) is 2.57. The van der Waals surface area contributed by atoms with Crippen LogP contribution in [0.1, 0.15) is 0 Å². The Balaban J connectivity index is 1.62. The van der Waals surface area contributed by atoms with Gasteiger partial charge in [0.25, 0.3) is 5.91 Å². The van der Waals surface area contributed by atoms with Crippen LogP contribution in [0.15, 0.2) is 42.5 Å². The summed E-state index contributed by atoms with van der Waals surface area (Å²) in [6.07, 6.45) is 0. The predicted molar refractivity (Wildman–Crippen MR) is 109 cm³/mol. The summed E-state index contributed by atoms with van der Waals surface area (Å²) in [5, 5.41) is 6.88. The first kappa shape index (κ1) is 21.5. The molecule has 0 aliphatic carbocycles. The molecule has 0 atom stereocenters. The van der Waals surface area contributed by atoms with Gasteiger partial charge in [-0.15, -0.1) is 4.33 Å². The average Bonchev–Trinajstić information content (AvgIpc) is 2.67. The van der Waals surface area contributed by atoms with Crippen LogP contribution < -0.4 is 20.1 Å². The highest BCUT2D eigenvalue weighted by atomic mass is 35.5. The molecule has 1 amide bonds. The van der Waals surface area contributed by atoms with Crippen LogP contribution in [0.4, 0.5) is 11.4 Å². The van der Waals surface area contributed by atoms with Crippen molar-refractivity contribution >= 4 is 52.7 Å². The number of anilines is 2. The van der Waals surface area contributed by atoms with Crippen molar-refractivity contribution in [3.8, 4) is 5.75 Å². The molecule has 2 aromatic carbocycles. The predicted octanol–water partition coefficient (Wildman–Crippen LogP) is 4.15. The first-order valence-corrected chi connectivity index (χ1v) is 9.39. The van der Waals surface area contributed by atoms with E-state index >= 15 is 0 Å². The summed E-state index contributed by atoms with van der Waals surface area (Å²) >= 11 is 12.7. The molecule has 0 spiro atoms. The summed E-state index contributed by atoms with van der Waals surface area (Å²) in [4.78, 5) is 16.3. The van der Waals surface area contributed by atoms with E-state index in [1.807, 2.05) is 6.07 Å². The van der Waals surface area contributed by atoms with E-state index in [-0.39, 0.29) is 12.5 Å². The van der Waals surface area contributed by atoms with E-state index in [4.69, 9.17) is 27.9 Å². The first-order chi connectivity index (χ1) is 13.1. The van der Waals surface area contributed by atoms with E-state index in [2.05, 4.69) is 24.6 Å². The van der Waals surface area contributed by atoms with Crippen molar-refractivity contribution < 1.29 is 18.8 Å². The SMILES string of the molecule is COOSNc1ccc(OCC(=O)NCCNc2ccc(Cl)c(Cl)c2)cc1. The largest absolute Gasteiger partial charge is 0.484 e. The molecule has 7 nitrogen and oxygen atoms in total. The molecule has 0 saturated heterocycles. The minimum absolute atomic E-state index is 0.0684. The molecule has 2 aromatic rings. The minimum Gasteiger partial charge on any atom is -0.484 e. The van der Waals surface area contributed by atoms with Gasteiger partial charge >= 0.3 is 0 Å². The molecule has 0 unspecified atom stereocenters. The Kier molecular flexibility index (Phi) is 9.37. The number of ether oxygens (including phenoxy) is 1. The lowest BCUT2D eigenvalue weighted by Gasteiger charge is -2.10. The molecule has 27 heavy (non-hydrogen) atoms. The lowest BCUT2D eigenvalue weighted by atomic mass is 10.3. The van der Waals surface area contributed by atoms with E-state index in [1.165, 1.54) is 7.11 Å². The van der Waals surface area contributed by atoms with Crippen LogP contribution in [-0.4, -0.2) is 32.7 Å². The number of amides is 1. The molecule has 0 heterocycles. The van der Waals surface area contributed by atoms with E-state index in [1.54, 1.807) is 36.4 Å². The van der Waals surface area contributed by atoms with Crippen molar-refractivity contribution in [3.05, 3.63) is 52.5 Å². The Labute approximate surface area is 171 Å². The molecule has 146 valence electrons. The maximum Gasteiger partial charge on any atom is 0.258 e. The Morgan fingerprint density at radius 2 is 1.78 bits per heavy atom. The molecule has 3 N–H and O–H groups in total.